The number of para-hydroxylation sites is 6. The van der Waals surface area contributed by atoms with E-state index in [9.17, 15) is 5.26 Å². The first kappa shape index (κ1) is 34.1. The number of hydrogen-bond acceptors (Lipinski definition) is 1. The normalized spacial score (nSPS) is 11.8. The first-order valence-electron chi connectivity index (χ1n) is 20.7. The van der Waals surface area contributed by atoms with Crippen LogP contribution in [0.25, 0.3) is 115 Å². The van der Waals surface area contributed by atoms with Crippen molar-refractivity contribution in [2.75, 3.05) is 0 Å². The summed E-state index contributed by atoms with van der Waals surface area (Å²) < 4.78 is 9.33. The molecular weight excluding hydrogens is 757 g/mol. The molecule has 6 nitrogen and oxygen atoms in total. The predicted molar refractivity (Wildman–Crippen MR) is 255 cm³/mol. The fraction of sp³-hybridized carbons (Fsp3) is 0. The Kier molecular flexibility index (Phi) is 7.05. The van der Waals surface area contributed by atoms with Gasteiger partial charge in [-0.25, -0.2) is 4.85 Å². The van der Waals surface area contributed by atoms with Crippen molar-refractivity contribution in [3.05, 3.63) is 211 Å². The molecule has 0 atom stereocenters. The topological polar surface area (TPSA) is 47.9 Å². The molecule has 4 aromatic heterocycles. The van der Waals surface area contributed by atoms with Crippen LogP contribution in [-0.4, -0.2) is 18.3 Å². The van der Waals surface area contributed by atoms with Gasteiger partial charge in [0.2, 0.25) is 5.69 Å². The smallest absolute Gasteiger partial charge is 0.206 e. The molecule has 0 aliphatic carbocycles. The molecule has 0 saturated carbocycles. The van der Waals surface area contributed by atoms with Gasteiger partial charge in [0.25, 0.3) is 0 Å². The van der Waals surface area contributed by atoms with Crippen molar-refractivity contribution in [2.45, 2.75) is 0 Å². The standard InChI is InChI=1S/C56H32N6/c1-58-46-33-56(62-50-27-15-11-23-41(50)45-30-52-43(32-54(45)62)39-21-9-13-25-48(39)60(52)37-18-6-3-7-19-37)55(28-35(46)34-57)61-49-26-14-10-22-40(49)44-29-51-42(31-53(44)61)38-20-8-12-24-47(38)59(51)36-16-4-2-5-17-36/h2-33H. The molecule has 9 aromatic carbocycles. The zero-order chi connectivity index (χ0) is 41.1. The number of aromatic nitrogens is 4. The second kappa shape index (κ2) is 12.8. The average molecular weight is 789 g/mol. The Bertz CT molecular complexity index is 3840. The van der Waals surface area contributed by atoms with Gasteiger partial charge in [-0.1, -0.05) is 109 Å². The SMILES string of the molecule is [C-]#[N+]c1cc(-n2c3ccccc3c3cc4c(cc32)c2ccccc2n4-c2ccccc2)c(-n2c3ccccc3c3cc4c(cc32)c2ccccc2n4-c2ccccc2)cc1C#N. The summed E-state index contributed by atoms with van der Waals surface area (Å²) in [6.07, 6.45) is 0. The molecule has 0 aliphatic rings. The molecule has 286 valence electrons. The average Bonchev–Trinajstić information content (AvgIpc) is 4.04. The number of benzene rings is 9. The van der Waals surface area contributed by atoms with E-state index in [1.54, 1.807) is 0 Å². The van der Waals surface area contributed by atoms with Crippen LogP contribution >= 0.6 is 0 Å². The van der Waals surface area contributed by atoms with E-state index in [-0.39, 0.29) is 0 Å². The lowest BCUT2D eigenvalue weighted by Gasteiger charge is -2.18. The van der Waals surface area contributed by atoms with Gasteiger partial charge in [0.15, 0.2) is 0 Å². The maximum absolute atomic E-state index is 10.6. The lowest BCUT2D eigenvalue weighted by Crippen LogP contribution is -2.04. The highest BCUT2D eigenvalue weighted by Crippen LogP contribution is 2.45. The van der Waals surface area contributed by atoms with E-state index < -0.39 is 0 Å². The molecule has 0 saturated heterocycles. The molecule has 0 N–H and O–H groups in total. The summed E-state index contributed by atoms with van der Waals surface area (Å²) in [7, 11) is 0. The first-order chi connectivity index (χ1) is 30.7. The lowest BCUT2D eigenvalue weighted by molar-refractivity contribution is 1.10. The zero-order valence-electron chi connectivity index (χ0n) is 33.2. The second-order valence-corrected chi connectivity index (χ2v) is 15.9. The number of nitriles is 1. The molecule has 0 radical (unpaired) electrons. The summed E-state index contributed by atoms with van der Waals surface area (Å²) in [6.45, 7) is 8.32. The molecule has 0 fully saturated rings. The lowest BCUT2D eigenvalue weighted by atomic mass is 10.1. The van der Waals surface area contributed by atoms with Gasteiger partial charge in [-0.3, -0.25) is 0 Å². The van der Waals surface area contributed by atoms with Gasteiger partial charge in [-0.15, -0.1) is 0 Å². The molecule has 0 bridgehead atoms. The highest BCUT2D eigenvalue weighted by Gasteiger charge is 2.25. The van der Waals surface area contributed by atoms with E-state index in [0.29, 0.717) is 11.3 Å². The summed E-state index contributed by atoms with van der Waals surface area (Å²) >= 11 is 0. The summed E-state index contributed by atoms with van der Waals surface area (Å²) in [5.41, 5.74) is 13.1. The molecule has 0 spiro atoms. The molecule has 0 aliphatic heterocycles. The Hall–Kier alpha value is -8.84. The van der Waals surface area contributed by atoms with Crippen molar-refractivity contribution in [3.8, 4) is 28.8 Å². The van der Waals surface area contributed by atoms with Crippen LogP contribution in [0.1, 0.15) is 5.56 Å². The van der Waals surface area contributed by atoms with Crippen LogP contribution in [0.4, 0.5) is 5.69 Å². The number of nitrogens with zero attached hydrogens (tertiary/aromatic N) is 6. The molecule has 0 amide bonds. The highest BCUT2D eigenvalue weighted by molar-refractivity contribution is 6.21. The van der Waals surface area contributed by atoms with Gasteiger partial charge in [-0.05, 0) is 84.9 Å². The third-order valence-corrected chi connectivity index (χ3v) is 12.8. The van der Waals surface area contributed by atoms with Crippen LogP contribution in [0, 0.1) is 17.9 Å². The van der Waals surface area contributed by atoms with Crippen molar-refractivity contribution in [3.63, 3.8) is 0 Å². The third kappa shape index (κ3) is 4.61. The van der Waals surface area contributed by atoms with Crippen LogP contribution in [0.2, 0.25) is 0 Å². The van der Waals surface area contributed by atoms with Crippen LogP contribution in [0.15, 0.2) is 194 Å². The van der Waals surface area contributed by atoms with E-state index in [2.05, 4.69) is 211 Å². The Labute approximate surface area is 355 Å². The van der Waals surface area contributed by atoms with Crippen molar-refractivity contribution in [1.29, 1.82) is 5.26 Å². The van der Waals surface area contributed by atoms with Crippen molar-refractivity contribution in [1.82, 2.24) is 18.3 Å². The fourth-order valence-electron chi connectivity index (χ4n) is 10.2. The largest absolute Gasteiger partial charge is 0.309 e. The van der Waals surface area contributed by atoms with Gasteiger partial charge in [-0.2, -0.15) is 5.26 Å². The zero-order valence-corrected chi connectivity index (χ0v) is 33.2. The van der Waals surface area contributed by atoms with E-state index in [0.717, 1.165) is 110 Å². The van der Waals surface area contributed by atoms with E-state index in [1.165, 1.54) is 0 Å². The maximum Gasteiger partial charge on any atom is 0.206 e. The van der Waals surface area contributed by atoms with Crippen LogP contribution in [-0.2, 0) is 0 Å². The summed E-state index contributed by atoms with van der Waals surface area (Å²) in [5, 5.41) is 19.6. The quantitative estimate of drug-likeness (QED) is 0.164. The van der Waals surface area contributed by atoms with Crippen LogP contribution < -0.4 is 0 Å². The molecule has 4 heterocycles. The minimum atomic E-state index is 0.313. The van der Waals surface area contributed by atoms with E-state index in [1.807, 2.05) is 12.1 Å². The Morgan fingerprint density at radius 1 is 0.339 bits per heavy atom. The number of fused-ring (bicyclic) bond motifs is 12. The van der Waals surface area contributed by atoms with E-state index >= 15 is 0 Å². The van der Waals surface area contributed by atoms with Gasteiger partial charge in [0.1, 0.15) is 0 Å². The number of rotatable bonds is 4. The van der Waals surface area contributed by atoms with Gasteiger partial charge in [0, 0.05) is 54.5 Å². The molecule has 13 rings (SSSR count). The molecular formula is C56H32N6. The predicted octanol–water partition coefficient (Wildman–Crippen LogP) is 14.5. The second-order valence-electron chi connectivity index (χ2n) is 15.9. The Balaban J connectivity index is 1.18. The number of hydrogen-bond donors (Lipinski definition) is 0. The van der Waals surface area contributed by atoms with Crippen molar-refractivity contribution < 1.29 is 0 Å². The van der Waals surface area contributed by atoms with Crippen molar-refractivity contribution >= 4 is 92.9 Å². The van der Waals surface area contributed by atoms with Crippen LogP contribution in [0.5, 0.6) is 0 Å². The minimum Gasteiger partial charge on any atom is -0.309 e. The summed E-state index contributed by atoms with van der Waals surface area (Å²) in [4.78, 5) is 3.95. The highest BCUT2D eigenvalue weighted by atomic mass is 15.1. The van der Waals surface area contributed by atoms with E-state index in [4.69, 9.17) is 6.57 Å². The van der Waals surface area contributed by atoms with Gasteiger partial charge < -0.3 is 18.3 Å². The molecule has 13 aromatic rings. The summed E-state index contributed by atoms with van der Waals surface area (Å²) in [6, 6.07) is 70.9. The molecule has 6 heteroatoms. The Morgan fingerprint density at radius 3 is 1.03 bits per heavy atom. The monoisotopic (exact) mass is 788 g/mol. The minimum absolute atomic E-state index is 0.313. The van der Waals surface area contributed by atoms with Gasteiger partial charge >= 0.3 is 0 Å². The van der Waals surface area contributed by atoms with Gasteiger partial charge in [0.05, 0.1) is 73.7 Å². The third-order valence-electron chi connectivity index (χ3n) is 12.8. The fourth-order valence-corrected chi connectivity index (χ4v) is 10.2. The Morgan fingerprint density at radius 2 is 0.661 bits per heavy atom. The molecule has 0 unspecified atom stereocenters. The maximum atomic E-state index is 10.6. The van der Waals surface area contributed by atoms with Crippen LogP contribution in [0.3, 0.4) is 0 Å². The first-order valence-corrected chi connectivity index (χ1v) is 20.7. The van der Waals surface area contributed by atoms with Crippen molar-refractivity contribution in [2.24, 2.45) is 0 Å². The molecule has 62 heavy (non-hydrogen) atoms. The summed E-state index contributed by atoms with van der Waals surface area (Å²) in [5.74, 6) is 0.